The van der Waals surface area contributed by atoms with Crippen LogP contribution in [0.15, 0.2) is 28.0 Å². The zero-order chi connectivity index (χ0) is 17.3. The predicted molar refractivity (Wildman–Crippen MR) is 85.7 cm³/mol. The number of carboxylic acids is 1. The minimum atomic E-state index is -3.64. The number of carboxylic acid groups (broad SMARTS) is 1. The fraction of sp³-hybridized carbons (Fsp3) is 0.562. The number of nitrogens with zero attached hydrogens (tertiary/aromatic N) is 1. The summed E-state index contributed by atoms with van der Waals surface area (Å²) in [5, 5.41) is 9.55. The van der Waals surface area contributed by atoms with Gasteiger partial charge in [0, 0.05) is 13.1 Å². The highest BCUT2D eigenvalue weighted by Gasteiger charge is 2.43. The molecule has 0 unspecified atom stereocenters. The first-order valence-electron chi connectivity index (χ1n) is 7.64. The van der Waals surface area contributed by atoms with Crippen molar-refractivity contribution in [2.45, 2.75) is 44.4 Å². The van der Waals surface area contributed by atoms with Crippen molar-refractivity contribution in [3.63, 3.8) is 0 Å². The molecule has 1 aromatic rings. The van der Waals surface area contributed by atoms with Crippen molar-refractivity contribution in [1.29, 1.82) is 0 Å². The Kier molecular flexibility index (Phi) is 5.01. The summed E-state index contributed by atoms with van der Waals surface area (Å²) in [4.78, 5) is 11.8. The number of aryl methyl sites for hydroxylation is 2. The predicted octanol–water partition coefficient (Wildman–Crippen LogP) is 2.72. The van der Waals surface area contributed by atoms with Gasteiger partial charge in [-0.3, -0.25) is 4.79 Å². The number of rotatable bonds is 6. The van der Waals surface area contributed by atoms with Crippen molar-refractivity contribution in [3.8, 4) is 0 Å². The maximum Gasteiger partial charge on any atom is 0.309 e. The van der Waals surface area contributed by atoms with E-state index in [0.717, 1.165) is 0 Å². The van der Waals surface area contributed by atoms with Gasteiger partial charge in [-0.2, -0.15) is 4.31 Å². The number of hydrogen-bond donors (Lipinski definition) is 1. The van der Waals surface area contributed by atoms with E-state index >= 15 is 0 Å². The highest BCUT2D eigenvalue weighted by molar-refractivity contribution is 7.89. The maximum atomic E-state index is 12.7. The first kappa shape index (κ1) is 17.7. The maximum absolute atomic E-state index is 12.7. The van der Waals surface area contributed by atoms with Gasteiger partial charge in [0.15, 0.2) is 0 Å². The molecule has 0 bridgehead atoms. The van der Waals surface area contributed by atoms with E-state index in [0.29, 0.717) is 37.2 Å². The Morgan fingerprint density at radius 2 is 2.04 bits per heavy atom. The molecule has 7 heteroatoms. The van der Waals surface area contributed by atoms with Gasteiger partial charge < -0.3 is 9.52 Å². The fourth-order valence-electron chi connectivity index (χ4n) is 3.11. The van der Waals surface area contributed by atoms with Crippen molar-refractivity contribution in [2.24, 2.45) is 5.41 Å². The van der Waals surface area contributed by atoms with E-state index in [2.05, 4.69) is 6.58 Å². The SMILES string of the molecule is C=CCCC1(C(=O)O)CCN(S(=O)(=O)c2cc(C)oc2C)CC1. The highest BCUT2D eigenvalue weighted by Crippen LogP contribution is 2.38. The number of piperidine rings is 1. The highest BCUT2D eigenvalue weighted by atomic mass is 32.2. The first-order chi connectivity index (χ1) is 10.7. The molecule has 0 saturated carbocycles. The fourth-order valence-corrected chi connectivity index (χ4v) is 4.77. The van der Waals surface area contributed by atoms with Gasteiger partial charge in [0.05, 0.1) is 5.41 Å². The molecular formula is C16H23NO5S. The van der Waals surface area contributed by atoms with Crippen LogP contribution in [0, 0.1) is 19.3 Å². The molecule has 1 aliphatic heterocycles. The van der Waals surface area contributed by atoms with Crippen LogP contribution in [0.4, 0.5) is 0 Å². The summed E-state index contributed by atoms with van der Waals surface area (Å²) in [6.07, 6.45) is 3.42. The second-order valence-electron chi connectivity index (χ2n) is 6.09. The molecule has 1 saturated heterocycles. The average molecular weight is 341 g/mol. The largest absolute Gasteiger partial charge is 0.481 e. The van der Waals surface area contributed by atoms with E-state index < -0.39 is 21.4 Å². The normalized spacial score (nSPS) is 18.7. The second kappa shape index (κ2) is 6.49. The molecule has 0 aromatic carbocycles. The molecule has 23 heavy (non-hydrogen) atoms. The van der Waals surface area contributed by atoms with Crippen LogP contribution >= 0.6 is 0 Å². The molecule has 6 nitrogen and oxygen atoms in total. The Hall–Kier alpha value is -1.60. The number of sulfonamides is 1. The molecule has 2 rings (SSSR count). The lowest BCUT2D eigenvalue weighted by Gasteiger charge is -2.38. The zero-order valence-corrected chi connectivity index (χ0v) is 14.4. The number of carbonyl (C=O) groups is 1. The second-order valence-corrected chi connectivity index (χ2v) is 8.00. The van der Waals surface area contributed by atoms with Crippen LogP contribution in [0.25, 0.3) is 0 Å². The van der Waals surface area contributed by atoms with Crippen molar-refractivity contribution in [2.75, 3.05) is 13.1 Å². The Balaban J connectivity index is 2.18. The molecule has 128 valence electrons. The smallest absolute Gasteiger partial charge is 0.309 e. The molecular weight excluding hydrogens is 318 g/mol. The Bertz CT molecular complexity index is 696. The molecule has 1 aliphatic rings. The zero-order valence-electron chi connectivity index (χ0n) is 13.5. The van der Waals surface area contributed by atoms with Gasteiger partial charge in [-0.1, -0.05) is 6.08 Å². The van der Waals surface area contributed by atoms with E-state index in [4.69, 9.17) is 4.42 Å². The number of hydrogen-bond acceptors (Lipinski definition) is 4. The topological polar surface area (TPSA) is 87.8 Å². The third-order valence-corrected chi connectivity index (χ3v) is 6.58. The summed E-state index contributed by atoms with van der Waals surface area (Å²) in [5.41, 5.74) is -0.860. The molecule has 1 N–H and O–H groups in total. The van der Waals surface area contributed by atoms with E-state index in [-0.39, 0.29) is 18.0 Å². The van der Waals surface area contributed by atoms with Gasteiger partial charge in [0.1, 0.15) is 16.4 Å². The lowest BCUT2D eigenvalue weighted by atomic mass is 9.75. The third-order valence-electron chi connectivity index (χ3n) is 4.57. The summed E-state index contributed by atoms with van der Waals surface area (Å²) in [6, 6.07) is 1.52. The molecule has 0 aliphatic carbocycles. The van der Waals surface area contributed by atoms with Gasteiger partial charge in [-0.05, 0) is 45.6 Å². The van der Waals surface area contributed by atoms with E-state index in [1.807, 2.05) is 0 Å². The molecule has 0 amide bonds. The first-order valence-corrected chi connectivity index (χ1v) is 9.08. The van der Waals surface area contributed by atoms with E-state index in [9.17, 15) is 18.3 Å². The van der Waals surface area contributed by atoms with Crippen LogP contribution in [0.2, 0.25) is 0 Å². The van der Waals surface area contributed by atoms with Crippen LogP contribution in [0.5, 0.6) is 0 Å². The number of furan rings is 1. The van der Waals surface area contributed by atoms with Crippen LogP contribution in [-0.4, -0.2) is 36.9 Å². The lowest BCUT2D eigenvalue weighted by molar-refractivity contribution is -0.151. The van der Waals surface area contributed by atoms with Gasteiger partial charge in [0.2, 0.25) is 10.0 Å². The van der Waals surface area contributed by atoms with E-state index in [1.54, 1.807) is 19.9 Å². The van der Waals surface area contributed by atoms with E-state index in [1.165, 1.54) is 10.4 Å². The van der Waals surface area contributed by atoms with Gasteiger partial charge in [-0.15, -0.1) is 6.58 Å². The molecule has 0 atom stereocenters. The Labute approximate surface area is 136 Å². The third kappa shape index (κ3) is 3.35. The summed E-state index contributed by atoms with van der Waals surface area (Å²) in [6.45, 7) is 7.36. The molecule has 0 spiro atoms. The molecule has 1 fully saturated rings. The van der Waals surface area contributed by atoms with Crippen molar-refractivity contribution in [3.05, 3.63) is 30.2 Å². The minimum absolute atomic E-state index is 0.170. The van der Waals surface area contributed by atoms with Gasteiger partial charge in [0.25, 0.3) is 0 Å². The monoisotopic (exact) mass is 341 g/mol. The summed E-state index contributed by atoms with van der Waals surface area (Å²) >= 11 is 0. The van der Waals surface area contributed by atoms with Crippen molar-refractivity contribution in [1.82, 2.24) is 4.31 Å². The number of allylic oxidation sites excluding steroid dienone is 1. The lowest BCUT2D eigenvalue weighted by Crippen LogP contribution is -2.46. The van der Waals surface area contributed by atoms with Crippen LogP contribution in [0.1, 0.15) is 37.2 Å². The molecule has 2 heterocycles. The van der Waals surface area contributed by atoms with Gasteiger partial charge >= 0.3 is 5.97 Å². The quantitative estimate of drug-likeness (QED) is 0.804. The number of aliphatic carboxylic acids is 1. The molecule has 0 radical (unpaired) electrons. The van der Waals surface area contributed by atoms with Crippen LogP contribution in [-0.2, 0) is 14.8 Å². The van der Waals surface area contributed by atoms with Crippen LogP contribution < -0.4 is 0 Å². The van der Waals surface area contributed by atoms with Crippen molar-refractivity contribution < 1.29 is 22.7 Å². The van der Waals surface area contributed by atoms with Crippen molar-refractivity contribution >= 4 is 16.0 Å². The minimum Gasteiger partial charge on any atom is -0.481 e. The summed E-state index contributed by atoms with van der Waals surface area (Å²) in [5.74, 6) is 0.0555. The molecule has 1 aromatic heterocycles. The van der Waals surface area contributed by atoms with Crippen LogP contribution in [0.3, 0.4) is 0 Å². The summed E-state index contributed by atoms with van der Waals surface area (Å²) in [7, 11) is -3.64. The Morgan fingerprint density at radius 1 is 1.43 bits per heavy atom. The summed E-state index contributed by atoms with van der Waals surface area (Å²) < 4.78 is 32.1. The van der Waals surface area contributed by atoms with Gasteiger partial charge in [-0.25, -0.2) is 8.42 Å². The average Bonchev–Trinajstić information content (AvgIpc) is 2.84. The standard InChI is InChI=1S/C16H23NO5S/c1-4-5-6-16(15(18)19)7-9-17(10-8-16)23(20,21)14-11-12(2)22-13(14)3/h4,11H,1,5-10H2,2-3H3,(H,18,19). The Morgan fingerprint density at radius 3 is 2.48 bits per heavy atom.